The lowest BCUT2D eigenvalue weighted by Gasteiger charge is -2.26. The normalized spacial score (nSPS) is 18.3. The average Bonchev–Trinajstić information content (AvgIpc) is 3.45. The molecule has 1 aromatic heterocycles. The number of aliphatic hydroxyl groups is 1. The molecular formula is C26H37FN2O4S. The van der Waals surface area contributed by atoms with Gasteiger partial charge in [0.2, 0.25) is 0 Å². The van der Waals surface area contributed by atoms with Crippen LogP contribution in [0.15, 0.2) is 29.6 Å². The summed E-state index contributed by atoms with van der Waals surface area (Å²) in [5.41, 5.74) is 2.72. The van der Waals surface area contributed by atoms with Crippen LogP contribution in [-0.4, -0.2) is 59.6 Å². The Hall–Kier alpha value is -1.84. The van der Waals surface area contributed by atoms with Gasteiger partial charge in [0.1, 0.15) is 5.82 Å². The van der Waals surface area contributed by atoms with Crippen molar-refractivity contribution in [1.29, 1.82) is 0 Å². The number of benzene rings is 1. The summed E-state index contributed by atoms with van der Waals surface area (Å²) in [6, 6.07) is 7.86. The predicted molar refractivity (Wildman–Crippen MR) is 133 cm³/mol. The van der Waals surface area contributed by atoms with Crippen molar-refractivity contribution in [1.82, 2.24) is 10.2 Å². The van der Waals surface area contributed by atoms with Gasteiger partial charge in [-0.1, -0.05) is 19.1 Å². The van der Waals surface area contributed by atoms with Crippen LogP contribution in [0, 0.1) is 12.7 Å². The second kappa shape index (κ2) is 13.3. The fourth-order valence-corrected chi connectivity index (χ4v) is 5.45. The third kappa shape index (κ3) is 7.85. The molecule has 1 unspecified atom stereocenters. The molecule has 1 aromatic carbocycles. The monoisotopic (exact) mass is 492 g/mol. The Labute approximate surface area is 205 Å². The Balaban J connectivity index is 1.41. The Morgan fingerprint density at radius 2 is 2.21 bits per heavy atom. The second-order valence-electron chi connectivity index (χ2n) is 9.09. The summed E-state index contributed by atoms with van der Waals surface area (Å²) in [5.74, 6) is -0.953. The van der Waals surface area contributed by atoms with Gasteiger partial charge in [0, 0.05) is 24.1 Å². The van der Waals surface area contributed by atoms with Crippen molar-refractivity contribution in [3.8, 4) is 0 Å². The molecule has 0 amide bonds. The first kappa shape index (κ1) is 26.8. The highest BCUT2D eigenvalue weighted by Crippen LogP contribution is 2.30. The van der Waals surface area contributed by atoms with Gasteiger partial charge in [0.05, 0.1) is 25.2 Å². The highest BCUT2D eigenvalue weighted by atomic mass is 32.1. The van der Waals surface area contributed by atoms with Crippen molar-refractivity contribution in [2.75, 3.05) is 26.4 Å². The van der Waals surface area contributed by atoms with E-state index in [0.717, 1.165) is 48.2 Å². The molecule has 1 aliphatic heterocycles. The van der Waals surface area contributed by atoms with E-state index in [0.29, 0.717) is 31.2 Å². The number of carboxylic acids is 1. The molecule has 2 heterocycles. The molecule has 188 valence electrons. The smallest absolute Gasteiger partial charge is 0.303 e. The standard InChI is InChI=1S/C26H37FN2O4S/c1-3-24(22-10-12-34-25(22)8-9-26(31)32)33-16-21(30)15-28-17-29-11-4-5-20(29)13-19-7-6-18(2)23(27)14-19/h6-7,10,12,14,20-21,24,28,30H,3-5,8-9,11,13,15-17H2,1-2H3,(H,31,32)/t20-,21+,24?/m0/s1. The maximum Gasteiger partial charge on any atom is 0.303 e. The summed E-state index contributed by atoms with van der Waals surface area (Å²) in [5, 5.41) is 24.7. The Morgan fingerprint density at radius 1 is 1.38 bits per heavy atom. The van der Waals surface area contributed by atoms with Gasteiger partial charge in [-0.3, -0.25) is 9.69 Å². The summed E-state index contributed by atoms with van der Waals surface area (Å²) < 4.78 is 19.9. The summed E-state index contributed by atoms with van der Waals surface area (Å²) in [6.45, 7) is 6.12. The minimum Gasteiger partial charge on any atom is -0.481 e. The van der Waals surface area contributed by atoms with Crippen molar-refractivity contribution in [2.45, 2.75) is 70.6 Å². The third-order valence-electron chi connectivity index (χ3n) is 6.45. The molecule has 34 heavy (non-hydrogen) atoms. The maximum absolute atomic E-state index is 13.9. The van der Waals surface area contributed by atoms with Crippen LogP contribution in [0.2, 0.25) is 0 Å². The molecule has 1 aliphatic rings. The first-order chi connectivity index (χ1) is 16.4. The summed E-state index contributed by atoms with van der Waals surface area (Å²) >= 11 is 1.55. The number of hydrogen-bond donors (Lipinski definition) is 3. The number of nitrogens with one attached hydrogen (secondary N) is 1. The number of rotatable bonds is 14. The van der Waals surface area contributed by atoms with E-state index in [4.69, 9.17) is 9.84 Å². The van der Waals surface area contributed by atoms with Gasteiger partial charge in [0.25, 0.3) is 0 Å². The zero-order valence-electron chi connectivity index (χ0n) is 20.1. The number of likely N-dealkylation sites (tertiary alicyclic amines) is 1. The predicted octanol–water partition coefficient (Wildman–Crippen LogP) is 4.30. The van der Waals surface area contributed by atoms with E-state index >= 15 is 0 Å². The minimum atomic E-state index is -0.805. The molecule has 0 aliphatic carbocycles. The third-order valence-corrected chi connectivity index (χ3v) is 7.45. The summed E-state index contributed by atoms with van der Waals surface area (Å²) in [4.78, 5) is 14.3. The number of carbonyl (C=O) groups is 1. The fourth-order valence-electron chi connectivity index (χ4n) is 4.52. The molecule has 0 radical (unpaired) electrons. The highest BCUT2D eigenvalue weighted by Gasteiger charge is 2.25. The molecule has 3 rings (SSSR count). The number of aryl methyl sites for hydroxylation is 2. The zero-order valence-corrected chi connectivity index (χ0v) is 21.0. The Morgan fingerprint density at radius 3 is 2.94 bits per heavy atom. The Bertz CT molecular complexity index is 922. The number of halogens is 1. The molecule has 6 nitrogen and oxygen atoms in total. The first-order valence-corrected chi connectivity index (χ1v) is 13.0. The van der Waals surface area contributed by atoms with Crippen LogP contribution in [-0.2, 0) is 22.4 Å². The van der Waals surface area contributed by atoms with E-state index in [9.17, 15) is 14.3 Å². The molecule has 0 spiro atoms. The van der Waals surface area contributed by atoms with Crippen molar-refractivity contribution in [3.63, 3.8) is 0 Å². The number of aliphatic hydroxyl groups excluding tert-OH is 1. The van der Waals surface area contributed by atoms with Crippen molar-refractivity contribution >= 4 is 17.3 Å². The van der Waals surface area contributed by atoms with Crippen LogP contribution in [0.1, 0.15) is 60.3 Å². The summed E-state index contributed by atoms with van der Waals surface area (Å²) in [7, 11) is 0. The van der Waals surface area contributed by atoms with Crippen LogP contribution in [0.3, 0.4) is 0 Å². The lowest BCUT2D eigenvalue weighted by Crippen LogP contribution is -2.42. The van der Waals surface area contributed by atoms with Gasteiger partial charge in [-0.25, -0.2) is 4.39 Å². The SMILES string of the molecule is CCC(OC[C@H](O)CNCN1CCC[C@H]1Cc1ccc(C)c(F)c1)c1ccsc1CCC(=O)O. The summed E-state index contributed by atoms with van der Waals surface area (Å²) in [6.07, 6.45) is 3.61. The highest BCUT2D eigenvalue weighted by molar-refractivity contribution is 7.10. The fraction of sp³-hybridized carbons (Fsp3) is 0.577. The number of nitrogens with zero attached hydrogens (tertiary/aromatic N) is 1. The molecule has 2 aromatic rings. The van der Waals surface area contributed by atoms with E-state index in [1.54, 1.807) is 24.3 Å². The Kier molecular flexibility index (Phi) is 10.5. The average molecular weight is 493 g/mol. The van der Waals surface area contributed by atoms with Crippen LogP contribution in [0.25, 0.3) is 0 Å². The van der Waals surface area contributed by atoms with Crippen molar-refractivity contribution < 1.29 is 24.1 Å². The van der Waals surface area contributed by atoms with E-state index in [1.165, 1.54) is 0 Å². The van der Waals surface area contributed by atoms with Crippen LogP contribution >= 0.6 is 11.3 Å². The molecule has 1 fully saturated rings. The lowest BCUT2D eigenvalue weighted by molar-refractivity contribution is -0.136. The molecule has 3 N–H and O–H groups in total. The van der Waals surface area contributed by atoms with Crippen molar-refractivity contribution in [2.24, 2.45) is 0 Å². The largest absolute Gasteiger partial charge is 0.481 e. The number of aliphatic carboxylic acids is 1. The maximum atomic E-state index is 13.9. The van der Waals surface area contributed by atoms with E-state index in [1.807, 2.05) is 30.5 Å². The van der Waals surface area contributed by atoms with Gasteiger partial charge in [-0.05, 0) is 79.8 Å². The second-order valence-corrected chi connectivity index (χ2v) is 10.1. The quantitative estimate of drug-likeness (QED) is 0.365. The van der Waals surface area contributed by atoms with Crippen LogP contribution in [0.5, 0.6) is 0 Å². The minimum absolute atomic E-state index is 0.104. The van der Waals surface area contributed by atoms with Crippen LogP contribution in [0.4, 0.5) is 4.39 Å². The van der Waals surface area contributed by atoms with Gasteiger partial charge >= 0.3 is 5.97 Å². The van der Waals surface area contributed by atoms with Crippen molar-refractivity contribution in [3.05, 3.63) is 57.0 Å². The number of thiophene rings is 1. The van der Waals surface area contributed by atoms with Gasteiger partial charge in [0.15, 0.2) is 0 Å². The van der Waals surface area contributed by atoms with Gasteiger partial charge in [-0.15, -0.1) is 11.3 Å². The number of ether oxygens (including phenoxy) is 1. The molecule has 0 saturated carbocycles. The van der Waals surface area contributed by atoms with Gasteiger partial charge < -0.3 is 20.3 Å². The first-order valence-electron chi connectivity index (χ1n) is 12.1. The zero-order chi connectivity index (χ0) is 24.5. The number of hydrogen-bond acceptors (Lipinski definition) is 6. The molecular weight excluding hydrogens is 455 g/mol. The van der Waals surface area contributed by atoms with Gasteiger partial charge in [-0.2, -0.15) is 0 Å². The van der Waals surface area contributed by atoms with E-state index in [-0.39, 0.29) is 24.9 Å². The molecule has 1 saturated heterocycles. The molecule has 3 atom stereocenters. The number of carboxylic acid groups (broad SMARTS) is 1. The van der Waals surface area contributed by atoms with Crippen LogP contribution < -0.4 is 5.32 Å². The topological polar surface area (TPSA) is 82.0 Å². The van der Waals surface area contributed by atoms with E-state index < -0.39 is 12.1 Å². The van der Waals surface area contributed by atoms with E-state index in [2.05, 4.69) is 10.2 Å². The molecule has 0 bridgehead atoms. The lowest BCUT2D eigenvalue weighted by atomic mass is 10.0. The molecule has 8 heteroatoms.